The highest BCUT2D eigenvalue weighted by Gasteiger charge is 2.12. The van der Waals surface area contributed by atoms with Crippen LogP contribution in [0.3, 0.4) is 0 Å². The molecule has 0 aliphatic rings. The smallest absolute Gasteiger partial charge is 0.338 e. The van der Waals surface area contributed by atoms with Gasteiger partial charge in [-0.05, 0) is 41.8 Å². The molecule has 27 heavy (non-hydrogen) atoms. The van der Waals surface area contributed by atoms with E-state index >= 15 is 0 Å². The summed E-state index contributed by atoms with van der Waals surface area (Å²) in [4.78, 5) is 29.5. The molecule has 0 atom stereocenters. The molecule has 4 aromatic rings. The normalized spacial score (nSPS) is 10.7. The Balaban J connectivity index is 1.41. The van der Waals surface area contributed by atoms with E-state index in [0.717, 1.165) is 15.2 Å². The maximum Gasteiger partial charge on any atom is 0.338 e. The summed E-state index contributed by atoms with van der Waals surface area (Å²) in [7, 11) is 0. The molecule has 2 aromatic heterocycles. The molecule has 0 bridgehead atoms. The van der Waals surface area contributed by atoms with Crippen molar-refractivity contribution in [2.45, 2.75) is 6.61 Å². The monoisotopic (exact) mass is 394 g/mol. The van der Waals surface area contributed by atoms with E-state index in [1.54, 1.807) is 30.3 Å². The van der Waals surface area contributed by atoms with Crippen LogP contribution in [0.1, 0.15) is 25.0 Å². The van der Waals surface area contributed by atoms with Gasteiger partial charge < -0.3 is 10.1 Å². The quantitative estimate of drug-likeness (QED) is 0.486. The molecule has 0 saturated heterocycles. The Morgan fingerprint density at radius 1 is 1.04 bits per heavy atom. The summed E-state index contributed by atoms with van der Waals surface area (Å²) in [6, 6.07) is 18.0. The van der Waals surface area contributed by atoms with E-state index < -0.39 is 5.97 Å². The van der Waals surface area contributed by atoms with Gasteiger partial charge in [0.2, 0.25) is 0 Å². The summed E-state index contributed by atoms with van der Waals surface area (Å²) < 4.78 is 6.43. The number of anilines is 1. The number of thiazole rings is 1. The third kappa shape index (κ3) is 4.05. The highest BCUT2D eigenvalue weighted by atomic mass is 32.1. The number of carbonyl (C=O) groups excluding carboxylic acids is 2. The van der Waals surface area contributed by atoms with Crippen LogP contribution in [0.25, 0.3) is 10.2 Å². The van der Waals surface area contributed by atoms with Crippen LogP contribution in [-0.4, -0.2) is 16.9 Å². The summed E-state index contributed by atoms with van der Waals surface area (Å²) in [6.45, 7) is 0.115. The number of amides is 1. The minimum Gasteiger partial charge on any atom is -0.455 e. The number of para-hydroxylation sites is 1. The van der Waals surface area contributed by atoms with Crippen molar-refractivity contribution in [2.75, 3.05) is 5.32 Å². The van der Waals surface area contributed by atoms with Crippen LogP contribution in [-0.2, 0) is 11.3 Å². The Morgan fingerprint density at radius 3 is 2.74 bits per heavy atom. The number of nitrogens with one attached hydrogen (secondary N) is 1. The number of benzene rings is 2. The molecule has 0 unspecified atom stereocenters. The Kier molecular flexibility index (Phi) is 4.95. The third-order valence-electron chi connectivity index (χ3n) is 3.77. The lowest BCUT2D eigenvalue weighted by molar-refractivity contribution is 0.0472. The number of rotatable bonds is 5. The number of nitrogens with zero attached hydrogens (tertiary/aromatic N) is 1. The van der Waals surface area contributed by atoms with Crippen LogP contribution in [0.15, 0.2) is 66.0 Å². The van der Waals surface area contributed by atoms with Crippen LogP contribution in [0.5, 0.6) is 0 Å². The highest BCUT2D eigenvalue weighted by molar-refractivity contribution is 7.18. The minimum absolute atomic E-state index is 0.115. The Bertz CT molecular complexity index is 1070. The lowest BCUT2D eigenvalue weighted by atomic mass is 10.2. The number of aromatic nitrogens is 1. The van der Waals surface area contributed by atoms with Gasteiger partial charge in [0, 0.05) is 5.69 Å². The average Bonchev–Trinajstić information content (AvgIpc) is 3.35. The predicted molar refractivity (Wildman–Crippen MR) is 107 cm³/mol. The summed E-state index contributed by atoms with van der Waals surface area (Å²) >= 11 is 2.86. The third-order valence-corrected chi connectivity index (χ3v) is 5.64. The van der Waals surface area contributed by atoms with Gasteiger partial charge in [-0.1, -0.05) is 24.3 Å². The lowest BCUT2D eigenvalue weighted by Crippen LogP contribution is -2.11. The number of hydrogen-bond acceptors (Lipinski definition) is 6. The standard InChI is InChI=1S/C20H14N2O3S2/c23-19(17-9-4-10-26-17)21-14-6-3-5-13(11-14)20(24)25-12-18-22-15-7-1-2-8-16(15)27-18/h1-11H,12H2,(H,21,23). The van der Waals surface area contributed by atoms with E-state index in [0.29, 0.717) is 16.1 Å². The van der Waals surface area contributed by atoms with Crippen LogP contribution < -0.4 is 5.32 Å². The average molecular weight is 394 g/mol. The maximum absolute atomic E-state index is 12.3. The van der Waals surface area contributed by atoms with Gasteiger partial charge in [0.15, 0.2) is 0 Å². The number of esters is 1. The first-order valence-corrected chi connectivity index (χ1v) is 9.85. The van der Waals surface area contributed by atoms with E-state index in [4.69, 9.17) is 4.74 Å². The lowest BCUT2D eigenvalue weighted by Gasteiger charge is -2.06. The molecule has 0 aliphatic heterocycles. The topological polar surface area (TPSA) is 68.3 Å². The van der Waals surface area contributed by atoms with Crippen molar-refractivity contribution >= 4 is 50.5 Å². The molecule has 0 spiro atoms. The second-order valence-electron chi connectivity index (χ2n) is 5.66. The van der Waals surface area contributed by atoms with E-state index in [1.807, 2.05) is 35.7 Å². The zero-order valence-electron chi connectivity index (χ0n) is 14.0. The molecule has 2 aromatic carbocycles. The molecule has 4 rings (SSSR count). The summed E-state index contributed by atoms with van der Waals surface area (Å²) in [6.07, 6.45) is 0. The van der Waals surface area contributed by atoms with Crippen LogP contribution >= 0.6 is 22.7 Å². The summed E-state index contributed by atoms with van der Waals surface area (Å²) in [5.74, 6) is -0.661. The Morgan fingerprint density at radius 2 is 1.93 bits per heavy atom. The first kappa shape index (κ1) is 17.4. The fraction of sp³-hybridized carbons (Fsp3) is 0.0500. The molecule has 1 N–H and O–H groups in total. The number of carbonyl (C=O) groups is 2. The van der Waals surface area contributed by atoms with Crippen molar-refractivity contribution in [1.29, 1.82) is 0 Å². The van der Waals surface area contributed by atoms with Gasteiger partial charge in [-0.25, -0.2) is 9.78 Å². The first-order valence-electron chi connectivity index (χ1n) is 8.15. The van der Waals surface area contributed by atoms with Gasteiger partial charge in [-0.2, -0.15) is 0 Å². The van der Waals surface area contributed by atoms with E-state index in [-0.39, 0.29) is 12.5 Å². The fourth-order valence-corrected chi connectivity index (χ4v) is 4.02. The molecule has 7 heteroatoms. The van der Waals surface area contributed by atoms with Gasteiger partial charge in [0.1, 0.15) is 11.6 Å². The zero-order valence-corrected chi connectivity index (χ0v) is 15.7. The fourth-order valence-electron chi connectivity index (χ4n) is 2.52. The van der Waals surface area contributed by atoms with Crippen LogP contribution in [0, 0.1) is 0 Å². The predicted octanol–water partition coefficient (Wildman–Crippen LogP) is 4.97. The second-order valence-corrected chi connectivity index (χ2v) is 7.73. The minimum atomic E-state index is -0.457. The van der Waals surface area contributed by atoms with E-state index in [9.17, 15) is 9.59 Å². The zero-order chi connectivity index (χ0) is 18.6. The molecule has 1 amide bonds. The van der Waals surface area contributed by atoms with Gasteiger partial charge in [-0.3, -0.25) is 4.79 Å². The van der Waals surface area contributed by atoms with E-state index in [2.05, 4.69) is 10.3 Å². The van der Waals surface area contributed by atoms with Gasteiger partial charge in [-0.15, -0.1) is 22.7 Å². The van der Waals surface area contributed by atoms with E-state index in [1.165, 1.54) is 22.7 Å². The SMILES string of the molecule is O=C(OCc1nc2ccccc2s1)c1cccc(NC(=O)c2cccs2)c1. The Hall–Kier alpha value is -3.03. The van der Waals surface area contributed by atoms with Crippen molar-refractivity contribution in [1.82, 2.24) is 4.98 Å². The largest absolute Gasteiger partial charge is 0.455 e. The molecule has 0 fully saturated rings. The molecule has 0 radical (unpaired) electrons. The molecule has 0 aliphatic carbocycles. The van der Waals surface area contributed by atoms with Crippen molar-refractivity contribution in [3.63, 3.8) is 0 Å². The molecule has 5 nitrogen and oxygen atoms in total. The van der Waals surface area contributed by atoms with Gasteiger partial charge in [0.05, 0.1) is 20.7 Å². The highest BCUT2D eigenvalue weighted by Crippen LogP contribution is 2.22. The number of thiophene rings is 1. The van der Waals surface area contributed by atoms with Gasteiger partial charge >= 0.3 is 5.97 Å². The van der Waals surface area contributed by atoms with Crippen molar-refractivity contribution in [3.05, 3.63) is 81.5 Å². The second kappa shape index (κ2) is 7.69. The van der Waals surface area contributed by atoms with Crippen molar-refractivity contribution in [3.8, 4) is 0 Å². The van der Waals surface area contributed by atoms with Gasteiger partial charge in [0.25, 0.3) is 5.91 Å². The number of ether oxygens (including phenoxy) is 1. The van der Waals surface area contributed by atoms with Crippen LogP contribution in [0.2, 0.25) is 0 Å². The Labute approximate surface area is 163 Å². The molecular formula is C20H14N2O3S2. The molecule has 2 heterocycles. The molecular weight excluding hydrogens is 380 g/mol. The van der Waals surface area contributed by atoms with Crippen molar-refractivity contribution < 1.29 is 14.3 Å². The first-order chi connectivity index (χ1) is 13.2. The summed E-state index contributed by atoms with van der Waals surface area (Å²) in [5, 5.41) is 5.36. The van der Waals surface area contributed by atoms with Crippen LogP contribution in [0.4, 0.5) is 5.69 Å². The molecule has 0 saturated carbocycles. The summed E-state index contributed by atoms with van der Waals surface area (Å²) in [5.41, 5.74) is 1.81. The number of hydrogen-bond donors (Lipinski definition) is 1. The number of fused-ring (bicyclic) bond motifs is 1. The molecule has 134 valence electrons. The maximum atomic E-state index is 12.3. The van der Waals surface area contributed by atoms with Crippen molar-refractivity contribution in [2.24, 2.45) is 0 Å².